The number of hydrogen-bond acceptors (Lipinski definition) is 8. The van der Waals surface area contributed by atoms with E-state index in [0.717, 1.165) is 16.7 Å². The maximum absolute atomic E-state index is 13.5. The van der Waals surface area contributed by atoms with Gasteiger partial charge in [0.05, 0.1) is 0 Å². The summed E-state index contributed by atoms with van der Waals surface area (Å²) in [6.07, 6.45) is 2.05. The van der Waals surface area contributed by atoms with Crippen LogP contribution in [0.4, 0.5) is 0 Å². The third-order valence-corrected chi connectivity index (χ3v) is 10.6. The Morgan fingerprint density at radius 3 is 1.06 bits per heavy atom. The van der Waals surface area contributed by atoms with Gasteiger partial charge in [0.2, 0.25) is 47.3 Å². The number of rotatable bonds is 26. The van der Waals surface area contributed by atoms with Crippen molar-refractivity contribution in [2.24, 2.45) is 5.73 Å². The zero-order chi connectivity index (χ0) is 47.2. The number of benzene rings is 3. The summed E-state index contributed by atoms with van der Waals surface area (Å²) in [5.74, 6) is -3.48. The predicted octanol–water partition coefficient (Wildman–Crippen LogP) is 2.42. The molecule has 0 spiro atoms. The monoisotopic (exact) mass is 883 g/mol. The number of nitrogens with two attached hydrogens (primary N) is 1. The van der Waals surface area contributed by atoms with Gasteiger partial charge >= 0.3 is 0 Å². The van der Waals surface area contributed by atoms with E-state index in [1.54, 1.807) is 20.8 Å². The van der Waals surface area contributed by atoms with E-state index in [2.05, 4.69) is 37.2 Å². The van der Waals surface area contributed by atoms with Gasteiger partial charge in [-0.2, -0.15) is 0 Å². The summed E-state index contributed by atoms with van der Waals surface area (Å²) < 4.78 is 0. The fourth-order valence-corrected chi connectivity index (χ4v) is 6.87. The second-order valence-corrected chi connectivity index (χ2v) is 16.8. The summed E-state index contributed by atoms with van der Waals surface area (Å²) in [6.45, 7) is 9.06. The number of primary amides is 1. The maximum atomic E-state index is 13.5. The lowest BCUT2D eigenvalue weighted by atomic mass is 10.00. The highest BCUT2D eigenvalue weighted by Crippen LogP contribution is 2.13. The normalized spacial score (nSPS) is 13.9. The van der Waals surface area contributed by atoms with Gasteiger partial charge in [-0.15, -0.1) is 0 Å². The molecule has 0 bridgehead atoms. The molecule has 3 rings (SSSR count). The average molecular weight is 883 g/mol. The quantitative estimate of drug-likeness (QED) is 0.0594. The van der Waals surface area contributed by atoms with E-state index in [1.165, 1.54) is 20.8 Å². The lowest BCUT2D eigenvalue weighted by molar-refractivity contribution is -0.130. The van der Waals surface area contributed by atoms with Gasteiger partial charge in [-0.05, 0) is 89.8 Å². The maximum Gasteiger partial charge on any atom is 0.242 e. The second kappa shape index (κ2) is 26.1. The molecular weight excluding hydrogens is 817 g/mol. The van der Waals surface area contributed by atoms with Gasteiger partial charge in [0.25, 0.3) is 0 Å². The zero-order valence-corrected chi connectivity index (χ0v) is 37.8. The lowest BCUT2D eigenvalue weighted by Gasteiger charge is -2.25. The minimum atomic E-state index is -1.24. The van der Waals surface area contributed by atoms with Gasteiger partial charge in [0, 0.05) is 44.3 Å². The molecule has 0 saturated carbocycles. The molecule has 0 unspecified atom stereocenters. The van der Waals surface area contributed by atoms with Crippen LogP contribution < -0.4 is 43.0 Å². The van der Waals surface area contributed by atoms with Crippen LogP contribution in [0.1, 0.15) is 96.8 Å². The molecular formula is C48H66N8O8. The summed E-state index contributed by atoms with van der Waals surface area (Å²) >= 11 is 0. The summed E-state index contributed by atoms with van der Waals surface area (Å²) in [5, 5.41) is 19.6. The van der Waals surface area contributed by atoms with Crippen molar-refractivity contribution in [1.29, 1.82) is 0 Å². The van der Waals surface area contributed by atoms with Crippen LogP contribution in [0.5, 0.6) is 0 Å². The number of carbonyl (C=O) groups is 8. The first kappa shape index (κ1) is 51.8. The molecule has 0 aromatic heterocycles. The van der Waals surface area contributed by atoms with Gasteiger partial charge < -0.3 is 43.0 Å². The van der Waals surface area contributed by atoms with E-state index >= 15 is 0 Å². The molecule has 0 aliphatic carbocycles. The van der Waals surface area contributed by atoms with Crippen molar-refractivity contribution in [1.82, 2.24) is 37.2 Å². The fraction of sp³-hybridized carbons (Fsp3) is 0.458. The Morgan fingerprint density at radius 2 is 0.766 bits per heavy atom. The van der Waals surface area contributed by atoms with Crippen LogP contribution in [0, 0.1) is 0 Å². The van der Waals surface area contributed by atoms with Gasteiger partial charge in [-0.1, -0.05) is 91.0 Å². The van der Waals surface area contributed by atoms with Crippen molar-refractivity contribution >= 4 is 47.3 Å². The number of carbonyl (C=O) groups excluding carboxylic acids is 8. The Balaban J connectivity index is 1.58. The molecule has 16 heteroatoms. The largest absolute Gasteiger partial charge is 0.368 e. The highest BCUT2D eigenvalue weighted by Gasteiger charge is 2.28. The Labute approximate surface area is 376 Å². The van der Waals surface area contributed by atoms with Crippen molar-refractivity contribution in [2.75, 3.05) is 0 Å². The van der Waals surface area contributed by atoms with Crippen molar-refractivity contribution in [3.63, 3.8) is 0 Å². The first-order valence-corrected chi connectivity index (χ1v) is 21.8. The number of amides is 8. The molecule has 0 radical (unpaired) electrons. The summed E-state index contributed by atoms with van der Waals surface area (Å²) in [5.41, 5.74) is 6.98. The van der Waals surface area contributed by atoms with E-state index in [9.17, 15) is 38.4 Å². The predicted molar refractivity (Wildman–Crippen MR) is 244 cm³/mol. The minimum Gasteiger partial charge on any atom is -0.368 e. The molecule has 0 saturated heterocycles. The van der Waals surface area contributed by atoms with Crippen LogP contribution in [-0.2, 0) is 57.6 Å². The van der Waals surface area contributed by atoms with E-state index in [1.807, 2.05) is 91.0 Å². The van der Waals surface area contributed by atoms with E-state index < -0.39 is 77.2 Å². The zero-order valence-electron chi connectivity index (χ0n) is 37.8. The van der Waals surface area contributed by atoms with Crippen LogP contribution in [0.2, 0.25) is 0 Å². The van der Waals surface area contributed by atoms with Gasteiger partial charge in [0.15, 0.2) is 0 Å². The molecule has 346 valence electrons. The van der Waals surface area contributed by atoms with Crippen LogP contribution in [0.25, 0.3) is 0 Å². The molecule has 3 aromatic rings. The summed E-state index contributed by atoms with van der Waals surface area (Å²) in [7, 11) is 0. The van der Waals surface area contributed by atoms with Crippen LogP contribution >= 0.6 is 0 Å². The summed E-state index contributed by atoms with van der Waals surface area (Å²) in [4.78, 5) is 102. The van der Waals surface area contributed by atoms with Gasteiger partial charge in [-0.3, -0.25) is 38.4 Å². The highest BCUT2D eigenvalue weighted by atomic mass is 16.2. The molecule has 0 aliphatic rings. The van der Waals surface area contributed by atoms with E-state index in [0.29, 0.717) is 19.3 Å². The van der Waals surface area contributed by atoms with Gasteiger partial charge in [-0.25, -0.2) is 0 Å². The topological polar surface area (TPSA) is 247 Å². The van der Waals surface area contributed by atoms with Crippen molar-refractivity contribution in [3.05, 3.63) is 108 Å². The molecule has 8 amide bonds. The Bertz CT molecular complexity index is 2020. The number of hydrogen-bond donors (Lipinski definition) is 8. The molecule has 0 fully saturated rings. The first-order chi connectivity index (χ1) is 30.3. The fourth-order valence-electron chi connectivity index (χ4n) is 6.87. The summed E-state index contributed by atoms with van der Waals surface area (Å²) in [6, 6.07) is 24.4. The van der Waals surface area contributed by atoms with Crippen LogP contribution in [0.3, 0.4) is 0 Å². The van der Waals surface area contributed by atoms with Gasteiger partial charge in [0.1, 0.15) is 23.7 Å². The number of nitrogens with one attached hydrogen (secondary N) is 7. The average Bonchev–Trinajstić information content (AvgIpc) is 3.24. The molecule has 9 N–H and O–H groups in total. The lowest BCUT2D eigenvalue weighted by Crippen LogP contribution is -2.53. The molecule has 0 heterocycles. The Hall–Kier alpha value is -6.58. The highest BCUT2D eigenvalue weighted by molar-refractivity contribution is 5.90. The van der Waals surface area contributed by atoms with E-state index in [-0.39, 0.29) is 50.3 Å². The Kier molecular flexibility index (Phi) is 21.1. The Morgan fingerprint density at radius 1 is 0.469 bits per heavy atom. The third-order valence-electron chi connectivity index (χ3n) is 10.6. The van der Waals surface area contributed by atoms with Crippen LogP contribution in [-0.4, -0.2) is 89.0 Å². The molecule has 3 aromatic carbocycles. The third kappa shape index (κ3) is 19.6. The molecule has 64 heavy (non-hydrogen) atoms. The van der Waals surface area contributed by atoms with Crippen LogP contribution in [0.15, 0.2) is 91.0 Å². The van der Waals surface area contributed by atoms with Crippen molar-refractivity contribution in [2.45, 2.75) is 141 Å². The smallest absolute Gasteiger partial charge is 0.242 e. The first-order valence-electron chi connectivity index (χ1n) is 21.8. The second-order valence-electron chi connectivity index (χ2n) is 16.8. The molecule has 16 nitrogen and oxygen atoms in total. The SMILES string of the molecule is CC(=O)N[C@@H](C)C(=O)N[C@H](CCC(=O)N[C@@H](C)C(=O)N[C@H](CCC(=O)N[C@@H](C)C(=O)N[C@H](CCC(=O)NC(C)(C)C(N)=O)Cc1ccccc1)Cc1ccccc1)Cc1ccccc1. The van der Waals surface area contributed by atoms with Crippen molar-refractivity contribution < 1.29 is 38.4 Å². The minimum absolute atomic E-state index is 0.0148. The van der Waals surface area contributed by atoms with E-state index in [4.69, 9.17) is 5.73 Å². The van der Waals surface area contributed by atoms with Crippen molar-refractivity contribution in [3.8, 4) is 0 Å². The standard InChI is InChI=1S/C48H66N8O8/c1-31(50-34(4)57)44(61)53-38(28-35-16-10-7-11-17-35)22-25-41(58)51-32(2)45(62)54-39(29-36-18-12-8-13-19-36)23-26-42(59)52-33(3)46(63)55-40(30-37-20-14-9-15-21-37)24-27-43(60)56-48(5,6)47(49)64/h7-21,31-33,38-40H,22-30H2,1-6H3,(H2,49,64)(H,50,57)(H,51,58)(H,52,59)(H,53,61)(H,54,62)(H,55,63)(H,56,60)/t31-,32-,33-,38+,39+,40+/m0/s1. The molecule has 0 aliphatic heterocycles. The molecule has 6 atom stereocenters.